The van der Waals surface area contributed by atoms with Crippen LogP contribution in [0, 0.1) is 6.92 Å². The van der Waals surface area contributed by atoms with Crippen LogP contribution < -0.4 is 4.74 Å². The van der Waals surface area contributed by atoms with Crippen LogP contribution in [-0.2, 0) is 16.1 Å². The molecule has 5 heteroatoms. The first-order chi connectivity index (χ1) is 14.9. The Bertz CT molecular complexity index is 960. The standard InChI is InChI=1S/C26H30O5/c1-18-9-6-7-12-21(18)17-30-23-15-20-11-4-3-5-13-22(27)14-8-10-19(2)31-26(29)25(20)24(28)16-23/h4,6-7,9,11-12,15-16,19,28H,3,5,8,10,13-14,17H2,1-2H3/b11-4+/t19-/m0/s1. The second-order valence-corrected chi connectivity index (χ2v) is 8.06. The van der Waals surface area contributed by atoms with Crippen molar-refractivity contribution in [2.45, 2.75) is 65.1 Å². The fraction of sp³-hybridized carbons (Fsp3) is 0.385. The number of cyclic esters (lactones) is 1. The van der Waals surface area contributed by atoms with Gasteiger partial charge in [0.2, 0.25) is 0 Å². The highest BCUT2D eigenvalue weighted by atomic mass is 16.5. The normalized spacial score (nSPS) is 19.1. The summed E-state index contributed by atoms with van der Waals surface area (Å²) in [7, 11) is 0. The van der Waals surface area contributed by atoms with Gasteiger partial charge in [-0.1, -0.05) is 36.4 Å². The predicted octanol–water partition coefficient (Wildman–Crippen LogP) is 5.76. The minimum absolute atomic E-state index is 0.138. The summed E-state index contributed by atoms with van der Waals surface area (Å²) in [4.78, 5) is 24.7. The van der Waals surface area contributed by atoms with Gasteiger partial charge < -0.3 is 14.6 Å². The molecule has 0 aliphatic carbocycles. The van der Waals surface area contributed by atoms with E-state index in [1.807, 2.05) is 37.3 Å². The number of fused-ring (bicyclic) bond motifs is 1. The highest BCUT2D eigenvalue weighted by molar-refractivity contribution is 5.97. The number of aromatic hydroxyl groups is 1. The van der Waals surface area contributed by atoms with E-state index in [4.69, 9.17) is 9.47 Å². The maximum atomic E-state index is 12.8. The lowest BCUT2D eigenvalue weighted by molar-refractivity contribution is -0.119. The number of ether oxygens (including phenoxy) is 2. The molecule has 3 rings (SSSR count). The van der Waals surface area contributed by atoms with Gasteiger partial charge in [0.1, 0.15) is 29.5 Å². The van der Waals surface area contributed by atoms with Crippen LogP contribution in [0.25, 0.3) is 6.08 Å². The smallest absolute Gasteiger partial charge is 0.342 e. The topological polar surface area (TPSA) is 72.8 Å². The van der Waals surface area contributed by atoms with E-state index in [2.05, 4.69) is 0 Å². The summed E-state index contributed by atoms with van der Waals surface area (Å²) < 4.78 is 11.4. The Hall–Kier alpha value is -3.08. The Kier molecular flexibility index (Phi) is 7.88. The minimum Gasteiger partial charge on any atom is -0.507 e. The van der Waals surface area contributed by atoms with Crippen molar-refractivity contribution in [1.82, 2.24) is 0 Å². The summed E-state index contributed by atoms with van der Waals surface area (Å²) in [5.41, 5.74) is 2.85. The van der Waals surface area contributed by atoms with E-state index in [-0.39, 0.29) is 23.2 Å². The molecule has 2 aromatic carbocycles. The van der Waals surface area contributed by atoms with Gasteiger partial charge in [0.15, 0.2) is 0 Å². The van der Waals surface area contributed by atoms with Crippen molar-refractivity contribution in [2.24, 2.45) is 0 Å². The van der Waals surface area contributed by atoms with Crippen molar-refractivity contribution in [2.75, 3.05) is 0 Å². The molecule has 1 heterocycles. The molecule has 164 valence electrons. The third kappa shape index (κ3) is 6.45. The van der Waals surface area contributed by atoms with Gasteiger partial charge in [0.05, 0.1) is 6.10 Å². The SMILES string of the molecule is Cc1ccccc1COc1cc(O)c2c(c1)/C=C/CCCC(=O)CCC[C@H](C)OC2=O. The third-order valence-corrected chi connectivity index (χ3v) is 5.48. The molecule has 1 aliphatic heterocycles. The molecule has 0 fully saturated rings. The molecule has 1 atom stereocenters. The van der Waals surface area contributed by atoms with Gasteiger partial charge in [-0.2, -0.15) is 0 Å². The number of rotatable bonds is 3. The van der Waals surface area contributed by atoms with Crippen LogP contribution in [0.15, 0.2) is 42.5 Å². The van der Waals surface area contributed by atoms with E-state index in [0.717, 1.165) is 17.5 Å². The Morgan fingerprint density at radius 3 is 2.71 bits per heavy atom. The molecule has 5 nitrogen and oxygen atoms in total. The van der Waals surface area contributed by atoms with Crippen molar-refractivity contribution in [3.63, 3.8) is 0 Å². The molecule has 0 bridgehead atoms. The number of hydrogen-bond donors (Lipinski definition) is 1. The molecule has 2 aromatic rings. The number of allylic oxidation sites excluding steroid dienone is 1. The molecule has 0 amide bonds. The number of Topliss-reactive ketones (excluding diaryl/α,β-unsaturated/α-hetero) is 1. The number of aryl methyl sites for hydroxylation is 1. The second-order valence-electron chi connectivity index (χ2n) is 8.06. The van der Waals surface area contributed by atoms with Crippen molar-refractivity contribution in [1.29, 1.82) is 0 Å². The van der Waals surface area contributed by atoms with Gasteiger partial charge in [-0.3, -0.25) is 4.79 Å². The van der Waals surface area contributed by atoms with Gasteiger partial charge in [-0.05, 0) is 62.3 Å². The van der Waals surface area contributed by atoms with Crippen molar-refractivity contribution in [3.8, 4) is 11.5 Å². The molecule has 0 saturated heterocycles. The average molecular weight is 423 g/mol. The van der Waals surface area contributed by atoms with Crippen LogP contribution in [0.3, 0.4) is 0 Å². The Balaban J connectivity index is 1.86. The van der Waals surface area contributed by atoms with Gasteiger partial charge in [0.25, 0.3) is 0 Å². The zero-order valence-electron chi connectivity index (χ0n) is 18.2. The fourth-order valence-corrected chi connectivity index (χ4v) is 3.63. The summed E-state index contributed by atoms with van der Waals surface area (Å²) in [5.74, 6) is -0.0184. The summed E-state index contributed by atoms with van der Waals surface area (Å²) >= 11 is 0. The lowest BCUT2D eigenvalue weighted by Gasteiger charge is -2.17. The van der Waals surface area contributed by atoms with E-state index in [9.17, 15) is 14.7 Å². The van der Waals surface area contributed by atoms with Crippen LogP contribution in [0.1, 0.15) is 72.5 Å². The zero-order valence-corrected chi connectivity index (χ0v) is 18.2. The van der Waals surface area contributed by atoms with E-state index < -0.39 is 5.97 Å². The maximum Gasteiger partial charge on any atom is 0.342 e. The summed E-state index contributed by atoms with van der Waals surface area (Å²) in [5, 5.41) is 10.6. The zero-order chi connectivity index (χ0) is 22.2. The summed E-state index contributed by atoms with van der Waals surface area (Å²) in [6.07, 6.45) is 7.21. The molecular formula is C26H30O5. The van der Waals surface area contributed by atoms with E-state index >= 15 is 0 Å². The Labute approximate surface area is 183 Å². The number of ketones is 1. The van der Waals surface area contributed by atoms with Crippen LogP contribution in [0.2, 0.25) is 0 Å². The van der Waals surface area contributed by atoms with Gasteiger partial charge in [-0.15, -0.1) is 0 Å². The Morgan fingerprint density at radius 2 is 1.90 bits per heavy atom. The lowest BCUT2D eigenvalue weighted by Crippen LogP contribution is -2.17. The monoisotopic (exact) mass is 422 g/mol. The number of phenols is 1. The first kappa shape index (κ1) is 22.6. The number of esters is 1. The highest BCUT2D eigenvalue weighted by Crippen LogP contribution is 2.31. The van der Waals surface area contributed by atoms with Gasteiger partial charge in [0, 0.05) is 18.9 Å². The molecule has 1 N–H and O–H groups in total. The van der Waals surface area contributed by atoms with Gasteiger partial charge in [-0.25, -0.2) is 4.79 Å². The number of carbonyl (C=O) groups is 2. The van der Waals surface area contributed by atoms with Crippen molar-refractivity contribution < 1.29 is 24.2 Å². The first-order valence-electron chi connectivity index (χ1n) is 10.9. The molecule has 0 saturated carbocycles. The van der Waals surface area contributed by atoms with Crippen LogP contribution in [-0.4, -0.2) is 23.0 Å². The molecule has 1 aliphatic rings. The van der Waals surface area contributed by atoms with Crippen LogP contribution >= 0.6 is 0 Å². The molecule has 31 heavy (non-hydrogen) atoms. The van der Waals surface area contributed by atoms with Crippen molar-refractivity contribution in [3.05, 3.63) is 64.7 Å². The van der Waals surface area contributed by atoms with E-state index in [1.54, 1.807) is 19.1 Å². The molecule has 0 radical (unpaired) electrons. The van der Waals surface area contributed by atoms with Crippen LogP contribution in [0.4, 0.5) is 0 Å². The number of phenolic OH excluding ortho intramolecular Hbond substituents is 1. The van der Waals surface area contributed by atoms with Crippen molar-refractivity contribution >= 4 is 17.8 Å². The summed E-state index contributed by atoms with van der Waals surface area (Å²) in [6, 6.07) is 11.1. The number of hydrogen-bond acceptors (Lipinski definition) is 5. The molecular weight excluding hydrogens is 392 g/mol. The average Bonchev–Trinajstić information content (AvgIpc) is 2.72. The largest absolute Gasteiger partial charge is 0.507 e. The third-order valence-electron chi connectivity index (χ3n) is 5.48. The number of carbonyl (C=O) groups excluding carboxylic acids is 2. The fourth-order valence-electron chi connectivity index (χ4n) is 3.63. The maximum absolute atomic E-state index is 12.8. The second kappa shape index (κ2) is 10.8. The quantitative estimate of drug-likeness (QED) is 0.637. The molecule has 0 unspecified atom stereocenters. The number of benzene rings is 2. The first-order valence-corrected chi connectivity index (χ1v) is 10.9. The highest BCUT2D eigenvalue weighted by Gasteiger charge is 2.21. The predicted molar refractivity (Wildman–Crippen MR) is 120 cm³/mol. The molecule has 0 aromatic heterocycles. The lowest BCUT2D eigenvalue weighted by atomic mass is 10.0. The summed E-state index contributed by atoms with van der Waals surface area (Å²) in [6.45, 7) is 4.18. The minimum atomic E-state index is -0.571. The van der Waals surface area contributed by atoms with E-state index in [0.29, 0.717) is 50.0 Å². The Morgan fingerprint density at radius 1 is 1.13 bits per heavy atom. The molecule has 0 spiro atoms. The van der Waals surface area contributed by atoms with Crippen LogP contribution in [0.5, 0.6) is 11.5 Å². The van der Waals surface area contributed by atoms with Gasteiger partial charge >= 0.3 is 5.97 Å². The van der Waals surface area contributed by atoms with E-state index in [1.165, 1.54) is 6.07 Å².